The predicted octanol–water partition coefficient (Wildman–Crippen LogP) is 2.52. The van der Waals surface area contributed by atoms with E-state index < -0.39 is 0 Å². The van der Waals surface area contributed by atoms with Crippen LogP contribution in [0.2, 0.25) is 0 Å². The quantitative estimate of drug-likeness (QED) is 0.708. The van der Waals surface area contributed by atoms with Gasteiger partial charge < -0.3 is 5.11 Å². The van der Waals surface area contributed by atoms with E-state index in [0.29, 0.717) is 0 Å². The van der Waals surface area contributed by atoms with Crippen molar-refractivity contribution in [2.75, 3.05) is 0 Å². The molecule has 0 heterocycles. The molecule has 1 aromatic carbocycles. The van der Waals surface area contributed by atoms with Crippen LogP contribution >= 0.6 is 0 Å². The largest absolute Gasteiger partial charge is 0.392 e. The molecule has 0 amide bonds. The molecule has 12 heavy (non-hydrogen) atoms. The standard InChI is InChI=1S/C11H14O/c1-3-4-10-6-5-9(2)7-11(10)8-12/h3-7,12H,8H2,1-2H3. The minimum absolute atomic E-state index is 0.112. The van der Waals surface area contributed by atoms with Gasteiger partial charge in [0.15, 0.2) is 0 Å². The third-order valence-electron chi connectivity index (χ3n) is 1.82. The maximum atomic E-state index is 9.04. The van der Waals surface area contributed by atoms with E-state index in [9.17, 15) is 0 Å². The van der Waals surface area contributed by atoms with E-state index in [4.69, 9.17) is 5.11 Å². The summed E-state index contributed by atoms with van der Waals surface area (Å²) in [5.74, 6) is 0. The lowest BCUT2D eigenvalue weighted by Gasteiger charge is -2.03. The molecular weight excluding hydrogens is 148 g/mol. The summed E-state index contributed by atoms with van der Waals surface area (Å²) in [7, 11) is 0. The molecule has 1 heteroatoms. The molecule has 0 spiro atoms. The summed E-state index contributed by atoms with van der Waals surface area (Å²) >= 11 is 0. The molecule has 0 aromatic heterocycles. The first-order valence-electron chi connectivity index (χ1n) is 4.11. The molecule has 1 aromatic rings. The highest BCUT2D eigenvalue weighted by atomic mass is 16.3. The van der Waals surface area contributed by atoms with E-state index >= 15 is 0 Å². The Balaban J connectivity index is 3.10. The molecule has 0 atom stereocenters. The summed E-state index contributed by atoms with van der Waals surface area (Å²) in [5, 5.41) is 9.04. The number of aryl methyl sites for hydroxylation is 1. The minimum Gasteiger partial charge on any atom is -0.392 e. The van der Waals surface area contributed by atoms with Crippen LogP contribution in [0, 0.1) is 6.92 Å². The topological polar surface area (TPSA) is 20.2 Å². The van der Waals surface area contributed by atoms with Gasteiger partial charge in [-0.05, 0) is 25.0 Å². The number of aliphatic hydroxyl groups is 1. The van der Waals surface area contributed by atoms with E-state index in [-0.39, 0.29) is 6.61 Å². The van der Waals surface area contributed by atoms with E-state index in [1.165, 1.54) is 5.56 Å². The number of rotatable bonds is 2. The Hall–Kier alpha value is -1.08. The number of benzene rings is 1. The summed E-state index contributed by atoms with van der Waals surface area (Å²) in [5.41, 5.74) is 3.28. The van der Waals surface area contributed by atoms with Gasteiger partial charge in [-0.25, -0.2) is 0 Å². The zero-order valence-corrected chi connectivity index (χ0v) is 7.54. The highest BCUT2D eigenvalue weighted by molar-refractivity contribution is 5.54. The molecule has 0 aliphatic heterocycles. The van der Waals surface area contributed by atoms with Crippen molar-refractivity contribution in [2.45, 2.75) is 20.5 Å². The molecule has 1 nitrogen and oxygen atoms in total. The zero-order valence-electron chi connectivity index (χ0n) is 7.54. The lowest BCUT2D eigenvalue weighted by molar-refractivity contribution is 0.281. The summed E-state index contributed by atoms with van der Waals surface area (Å²) in [4.78, 5) is 0. The number of aliphatic hydroxyl groups excluding tert-OH is 1. The van der Waals surface area contributed by atoms with Crippen molar-refractivity contribution in [3.05, 3.63) is 41.0 Å². The van der Waals surface area contributed by atoms with Crippen molar-refractivity contribution < 1.29 is 5.11 Å². The molecular formula is C11H14O. The number of allylic oxidation sites excluding steroid dienone is 1. The Labute approximate surface area is 73.4 Å². The van der Waals surface area contributed by atoms with Gasteiger partial charge in [0, 0.05) is 0 Å². The fourth-order valence-corrected chi connectivity index (χ4v) is 1.21. The van der Waals surface area contributed by atoms with Crippen molar-refractivity contribution in [1.82, 2.24) is 0 Å². The third-order valence-corrected chi connectivity index (χ3v) is 1.82. The Morgan fingerprint density at radius 1 is 1.42 bits per heavy atom. The lowest BCUT2D eigenvalue weighted by atomic mass is 10.0. The van der Waals surface area contributed by atoms with E-state index in [2.05, 4.69) is 6.07 Å². The van der Waals surface area contributed by atoms with E-state index in [1.807, 2.05) is 38.1 Å². The van der Waals surface area contributed by atoms with E-state index in [0.717, 1.165) is 11.1 Å². The van der Waals surface area contributed by atoms with E-state index in [1.54, 1.807) is 0 Å². The average Bonchev–Trinajstić information content (AvgIpc) is 2.08. The predicted molar refractivity (Wildman–Crippen MR) is 51.8 cm³/mol. The van der Waals surface area contributed by atoms with Gasteiger partial charge in [-0.3, -0.25) is 0 Å². The molecule has 1 N–H and O–H groups in total. The second kappa shape index (κ2) is 4.07. The molecule has 0 aliphatic rings. The van der Waals surface area contributed by atoms with Crippen LogP contribution in [-0.2, 0) is 6.61 Å². The van der Waals surface area contributed by atoms with Crippen LogP contribution in [0.5, 0.6) is 0 Å². The van der Waals surface area contributed by atoms with Crippen molar-refractivity contribution in [3.63, 3.8) is 0 Å². The maximum absolute atomic E-state index is 9.04. The van der Waals surface area contributed by atoms with Gasteiger partial charge >= 0.3 is 0 Å². The second-order valence-electron chi connectivity index (χ2n) is 2.86. The highest BCUT2D eigenvalue weighted by Gasteiger charge is 1.96. The van der Waals surface area contributed by atoms with Crippen molar-refractivity contribution in [1.29, 1.82) is 0 Å². The van der Waals surface area contributed by atoms with Crippen LogP contribution in [0.3, 0.4) is 0 Å². The van der Waals surface area contributed by atoms with Crippen molar-refractivity contribution in [2.24, 2.45) is 0 Å². The monoisotopic (exact) mass is 162 g/mol. The lowest BCUT2D eigenvalue weighted by Crippen LogP contribution is -1.88. The molecule has 0 bridgehead atoms. The van der Waals surface area contributed by atoms with Gasteiger partial charge in [0.25, 0.3) is 0 Å². The first kappa shape index (κ1) is 9.01. The zero-order chi connectivity index (χ0) is 8.97. The SMILES string of the molecule is CC=Cc1ccc(C)cc1CO. The van der Waals surface area contributed by atoms with Gasteiger partial charge in [0.2, 0.25) is 0 Å². The summed E-state index contributed by atoms with van der Waals surface area (Å²) in [6.45, 7) is 4.11. The molecule has 0 unspecified atom stereocenters. The fourth-order valence-electron chi connectivity index (χ4n) is 1.21. The van der Waals surface area contributed by atoms with Crippen LogP contribution in [0.15, 0.2) is 24.3 Å². The highest BCUT2D eigenvalue weighted by Crippen LogP contribution is 2.13. The molecule has 64 valence electrons. The second-order valence-corrected chi connectivity index (χ2v) is 2.86. The Morgan fingerprint density at radius 3 is 2.75 bits per heavy atom. The van der Waals surface area contributed by atoms with Gasteiger partial charge in [-0.2, -0.15) is 0 Å². The molecule has 0 saturated heterocycles. The van der Waals surface area contributed by atoms with Crippen molar-refractivity contribution in [3.8, 4) is 0 Å². The summed E-state index contributed by atoms with van der Waals surface area (Å²) < 4.78 is 0. The molecule has 1 rings (SSSR count). The normalized spacial score (nSPS) is 10.9. The first-order chi connectivity index (χ1) is 5.77. The maximum Gasteiger partial charge on any atom is 0.0687 e. The van der Waals surface area contributed by atoms with Crippen LogP contribution in [0.4, 0.5) is 0 Å². The van der Waals surface area contributed by atoms with Crippen molar-refractivity contribution >= 4 is 6.08 Å². The smallest absolute Gasteiger partial charge is 0.0687 e. The Kier molecular flexibility index (Phi) is 3.06. The van der Waals surface area contributed by atoms with Crippen LogP contribution in [0.1, 0.15) is 23.6 Å². The van der Waals surface area contributed by atoms with Crippen LogP contribution in [0.25, 0.3) is 6.08 Å². The Morgan fingerprint density at radius 2 is 2.17 bits per heavy atom. The molecule has 0 radical (unpaired) electrons. The molecule has 0 fully saturated rings. The van der Waals surface area contributed by atoms with Gasteiger partial charge in [0.05, 0.1) is 6.61 Å². The van der Waals surface area contributed by atoms with Crippen LogP contribution < -0.4 is 0 Å². The number of hydrogen-bond donors (Lipinski definition) is 1. The molecule has 0 aliphatic carbocycles. The minimum atomic E-state index is 0.112. The Bertz CT molecular complexity index is 287. The van der Waals surface area contributed by atoms with Crippen LogP contribution in [-0.4, -0.2) is 5.11 Å². The van der Waals surface area contributed by atoms with Gasteiger partial charge in [-0.1, -0.05) is 35.9 Å². The summed E-state index contributed by atoms with van der Waals surface area (Å²) in [6, 6.07) is 6.09. The average molecular weight is 162 g/mol. The summed E-state index contributed by atoms with van der Waals surface area (Å²) in [6.07, 6.45) is 3.98. The fraction of sp³-hybridized carbons (Fsp3) is 0.273. The first-order valence-corrected chi connectivity index (χ1v) is 4.11. The number of hydrogen-bond acceptors (Lipinski definition) is 1. The third kappa shape index (κ3) is 1.95. The van der Waals surface area contributed by atoms with Gasteiger partial charge in [-0.15, -0.1) is 0 Å². The molecule has 0 saturated carbocycles. The van der Waals surface area contributed by atoms with Gasteiger partial charge in [0.1, 0.15) is 0 Å².